The van der Waals surface area contributed by atoms with E-state index in [1.54, 1.807) is 7.05 Å². The van der Waals surface area contributed by atoms with Crippen molar-refractivity contribution in [2.24, 2.45) is 10.7 Å². The first-order chi connectivity index (χ1) is 5.11. The monoisotopic (exact) mass is 155 g/mol. The zero-order chi connectivity index (χ0) is 8.85. The number of hydrogen-bond acceptors (Lipinski definition) is 2. The second-order valence-corrected chi connectivity index (χ2v) is 2.48. The summed E-state index contributed by atoms with van der Waals surface area (Å²) in [5.41, 5.74) is 6.30. The Bertz CT molecular complexity index is 166. The number of amidine groups is 1. The van der Waals surface area contributed by atoms with Gasteiger partial charge in [-0.3, -0.25) is 4.99 Å². The quantitative estimate of drug-likeness (QED) is 0.474. The lowest BCUT2D eigenvalue weighted by Crippen LogP contribution is -2.25. The Kier molecular flexibility index (Phi) is 4.34. The van der Waals surface area contributed by atoms with Crippen LogP contribution in [0.4, 0.5) is 0 Å². The van der Waals surface area contributed by atoms with E-state index in [9.17, 15) is 0 Å². The van der Waals surface area contributed by atoms with Gasteiger partial charge < -0.3 is 10.6 Å². The summed E-state index contributed by atoms with van der Waals surface area (Å²) < 4.78 is 0. The Morgan fingerprint density at radius 3 is 2.45 bits per heavy atom. The van der Waals surface area contributed by atoms with Gasteiger partial charge in [-0.15, -0.1) is 0 Å². The smallest absolute Gasteiger partial charge is 0.124 e. The fraction of sp³-hybridized carbons (Fsp3) is 0.625. The Labute approximate surface area is 68.6 Å². The van der Waals surface area contributed by atoms with Gasteiger partial charge in [0.05, 0.1) is 0 Å². The van der Waals surface area contributed by atoms with Gasteiger partial charge in [-0.1, -0.05) is 0 Å². The Balaban J connectivity index is 4.32. The molecule has 0 amide bonds. The molecule has 0 unspecified atom stereocenters. The van der Waals surface area contributed by atoms with E-state index in [-0.39, 0.29) is 0 Å². The van der Waals surface area contributed by atoms with Gasteiger partial charge in [0.25, 0.3) is 0 Å². The minimum atomic E-state index is 0.783. The van der Waals surface area contributed by atoms with Crippen molar-refractivity contribution in [3.63, 3.8) is 0 Å². The third kappa shape index (κ3) is 3.65. The van der Waals surface area contributed by atoms with E-state index >= 15 is 0 Å². The maximum absolute atomic E-state index is 5.51. The van der Waals surface area contributed by atoms with E-state index in [4.69, 9.17) is 5.73 Å². The molecule has 0 bridgehead atoms. The summed E-state index contributed by atoms with van der Waals surface area (Å²) in [5, 5.41) is 0. The number of nitrogens with zero attached hydrogens (tertiary/aromatic N) is 2. The standard InChI is InChI=1S/C8H17N3/c1-5-11(4)8(10-3)6-7(2)9/h6H,5,9H2,1-4H3/b7-6-,10-8+. The average Bonchev–Trinajstić information content (AvgIpc) is 1.98. The number of allylic oxidation sites excluding steroid dienone is 1. The van der Waals surface area contributed by atoms with Crippen LogP contribution < -0.4 is 5.73 Å². The molecule has 2 N–H and O–H groups in total. The van der Waals surface area contributed by atoms with Gasteiger partial charge in [0.15, 0.2) is 0 Å². The van der Waals surface area contributed by atoms with Crippen LogP contribution in [0, 0.1) is 0 Å². The van der Waals surface area contributed by atoms with Crippen LogP contribution in [0.15, 0.2) is 16.8 Å². The molecule has 11 heavy (non-hydrogen) atoms. The molecule has 0 rings (SSSR count). The predicted octanol–water partition coefficient (Wildman–Crippen LogP) is 0.829. The number of likely N-dealkylation sites (N-methyl/N-ethyl adjacent to an activating group) is 1. The van der Waals surface area contributed by atoms with Gasteiger partial charge >= 0.3 is 0 Å². The van der Waals surface area contributed by atoms with Crippen molar-refractivity contribution in [2.45, 2.75) is 13.8 Å². The molecule has 0 aliphatic carbocycles. The average molecular weight is 155 g/mol. The van der Waals surface area contributed by atoms with Crippen LogP contribution in [0.5, 0.6) is 0 Å². The van der Waals surface area contributed by atoms with Gasteiger partial charge in [-0.05, 0) is 19.9 Å². The molecule has 0 radical (unpaired) electrons. The second kappa shape index (κ2) is 4.77. The normalized spacial score (nSPS) is 13.5. The zero-order valence-corrected chi connectivity index (χ0v) is 7.76. The number of rotatable bonds is 2. The Morgan fingerprint density at radius 1 is 1.64 bits per heavy atom. The largest absolute Gasteiger partial charge is 0.402 e. The first-order valence-electron chi connectivity index (χ1n) is 3.73. The van der Waals surface area contributed by atoms with E-state index in [0.29, 0.717) is 0 Å². The van der Waals surface area contributed by atoms with Crippen LogP contribution in [-0.2, 0) is 0 Å². The highest BCUT2D eigenvalue weighted by molar-refractivity contribution is 5.93. The van der Waals surface area contributed by atoms with Crippen LogP contribution in [0.1, 0.15) is 13.8 Å². The van der Waals surface area contributed by atoms with Crippen molar-refractivity contribution < 1.29 is 0 Å². The molecular formula is C8H17N3. The molecule has 0 aromatic heterocycles. The van der Waals surface area contributed by atoms with Gasteiger partial charge in [0, 0.05) is 26.3 Å². The van der Waals surface area contributed by atoms with Crippen LogP contribution in [-0.4, -0.2) is 31.4 Å². The minimum absolute atomic E-state index is 0.783. The van der Waals surface area contributed by atoms with E-state index < -0.39 is 0 Å². The van der Waals surface area contributed by atoms with Crippen molar-refractivity contribution in [1.29, 1.82) is 0 Å². The Hall–Kier alpha value is -0.990. The van der Waals surface area contributed by atoms with Crippen LogP contribution >= 0.6 is 0 Å². The predicted molar refractivity (Wildman–Crippen MR) is 49.6 cm³/mol. The summed E-state index contributed by atoms with van der Waals surface area (Å²) >= 11 is 0. The zero-order valence-electron chi connectivity index (χ0n) is 7.76. The van der Waals surface area contributed by atoms with E-state index in [1.807, 2.05) is 24.9 Å². The third-order valence-corrected chi connectivity index (χ3v) is 1.45. The summed E-state index contributed by atoms with van der Waals surface area (Å²) in [4.78, 5) is 6.12. The SMILES string of the molecule is CCN(C)C(/C=C(/C)N)=N/C. The third-order valence-electron chi connectivity index (χ3n) is 1.45. The fourth-order valence-corrected chi connectivity index (χ4v) is 0.711. The Morgan fingerprint density at radius 2 is 2.18 bits per heavy atom. The highest BCUT2D eigenvalue weighted by atomic mass is 15.1. The lowest BCUT2D eigenvalue weighted by Gasteiger charge is -2.15. The maximum atomic E-state index is 5.51. The first-order valence-corrected chi connectivity index (χ1v) is 3.73. The van der Waals surface area contributed by atoms with Crippen molar-refractivity contribution in [3.8, 4) is 0 Å². The number of nitrogens with two attached hydrogens (primary N) is 1. The molecule has 0 spiro atoms. The fourth-order valence-electron chi connectivity index (χ4n) is 0.711. The van der Waals surface area contributed by atoms with E-state index in [2.05, 4.69) is 11.9 Å². The summed E-state index contributed by atoms with van der Waals surface area (Å²) in [7, 11) is 3.75. The van der Waals surface area contributed by atoms with Crippen molar-refractivity contribution >= 4 is 5.84 Å². The molecule has 0 aliphatic rings. The molecule has 0 aliphatic heterocycles. The number of aliphatic imine (C=N–C) groups is 1. The topological polar surface area (TPSA) is 41.6 Å². The molecule has 0 aromatic carbocycles. The lowest BCUT2D eigenvalue weighted by molar-refractivity contribution is 0.537. The van der Waals surface area contributed by atoms with Crippen LogP contribution in [0.25, 0.3) is 0 Å². The van der Waals surface area contributed by atoms with Crippen LogP contribution in [0.2, 0.25) is 0 Å². The van der Waals surface area contributed by atoms with Crippen molar-refractivity contribution in [1.82, 2.24) is 4.90 Å². The molecule has 3 heteroatoms. The summed E-state index contributed by atoms with van der Waals surface area (Å²) in [6.07, 6.45) is 1.86. The highest BCUT2D eigenvalue weighted by Gasteiger charge is 1.97. The molecular weight excluding hydrogens is 138 g/mol. The number of hydrogen-bond donors (Lipinski definition) is 1. The van der Waals surface area contributed by atoms with E-state index in [1.165, 1.54) is 0 Å². The molecule has 0 saturated heterocycles. The van der Waals surface area contributed by atoms with Crippen molar-refractivity contribution in [3.05, 3.63) is 11.8 Å². The van der Waals surface area contributed by atoms with Crippen LogP contribution in [0.3, 0.4) is 0 Å². The molecule has 0 saturated carbocycles. The minimum Gasteiger partial charge on any atom is -0.402 e. The van der Waals surface area contributed by atoms with Gasteiger partial charge in [-0.25, -0.2) is 0 Å². The first kappa shape index (κ1) is 10.0. The molecule has 3 nitrogen and oxygen atoms in total. The molecule has 0 atom stereocenters. The summed E-state index contributed by atoms with van der Waals surface area (Å²) in [6.45, 7) is 4.87. The summed E-state index contributed by atoms with van der Waals surface area (Å²) in [6, 6.07) is 0. The second-order valence-electron chi connectivity index (χ2n) is 2.48. The van der Waals surface area contributed by atoms with Gasteiger partial charge in [-0.2, -0.15) is 0 Å². The molecule has 0 aromatic rings. The van der Waals surface area contributed by atoms with E-state index in [0.717, 1.165) is 18.1 Å². The van der Waals surface area contributed by atoms with Gasteiger partial charge in [0.2, 0.25) is 0 Å². The molecule has 0 fully saturated rings. The molecule has 64 valence electrons. The maximum Gasteiger partial charge on any atom is 0.124 e. The highest BCUT2D eigenvalue weighted by Crippen LogP contribution is 1.91. The van der Waals surface area contributed by atoms with Crippen molar-refractivity contribution in [2.75, 3.05) is 20.6 Å². The lowest BCUT2D eigenvalue weighted by atomic mass is 10.4. The molecule has 0 heterocycles. The van der Waals surface area contributed by atoms with Gasteiger partial charge in [0.1, 0.15) is 5.84 Å². The summed E-state index contributed by atoms with van der Waals surface area (Å²) in [5.74, 6) is 0.924.